The Hall–Kier alpha value is -1.39. The molecule has 4 heteroatoms. The van der Waals surface area contributed by atoms with Crippen molar-refractivity contribution in [3.63, 3.8) is 0 Å². The second-order valence-corrected chi connectivity index (χ2v) is 9.46. The van der Waals surface area contributed by atoms with Crippen LogP contribution < -0.4 is 5.32 Å². The Morgan fingerprint density at radius 1 is 1.07 bits per heavy atom. The predicted octanol–water partition coefficient (Wildman–Crippen LogP) is 3.83. The van der Waals surface area contributed by atoms with Crippen molar-refractivity contribution in [2.45, 2.75) is 83.4 Å². The van der Waals surface area contributed by atoms with Gasteiger partial charge in [-0.3, -0.25) is 9.69 Å². The summed E-state index contributed by atoms with van der Waals surface area (Å²) in [6.45, 7) is 7.18. The topological polar surface area (TPSA) is 52.6 Å². The van der Waals surface area contributed by atoms with E-state index in [-0.39, 0.29) is 5.91 Å². The fourth-order valence-electron chi connectivity index (χ4n) is 4.71. The zero-order valence-electron chi connectivity index (χ0n) is 17.2. The average molecular weight is 373 g/mol. The molecule has 1 amide bonds. The average Bonchev–Trinajstić information content (AvgIpc) is 2.86. The lowest BCUT2D eigenvalue weighted by molar-refractivity contribution is -0.128. The van der Waals surface area contributed by atoms with Crippen molar-refractivity contribution in [3.8, 4) is 0 Å². The first-order chi connectivity index (χ1) is 12.8. The number of carbonyl (C=O) groups excluding carboxylic acids is 1. The molecule has 2 aliphatic rings. The summed E-state index contributed by atoms with van der Waals surface area (Å²) < 4.78 is 0. The molecule has 150 valence electrons. The molecule has 4 nitrogen and oxygen atoms in total. The van der Waals surface area contributed by atoms with E-state index in [4.69, 9.17) is 0 Å². The van der Waals surface area contributed by atoms with Gasteiger partial charge in [0.05, 0.1) is 5.60 Å². The van der Waals surface area contributed by atoms with E-state index in [1.807, 2.05) is 51.1 Å². The summed E-state index contributed by atoms with van der Waals surface area (Å²) in [7, 11) is 0. The minimum atomic E-state index is -0.899. The van der Waals surface area contributed by atoms with Crippen LogP contribution in [0.5, 0.6) is 0 Å². The smallest absolute Gasteiger partial charge is 0.225 e. The maximum atomic E-state index is 12.2. The van der Waals surface area contributed by atoms with Crippen LogP contribution in [0.4, 0.5) is 0 Å². The monoisotopic (exact) mass is 372 g/mol. The molecule has 3 atom stereocenters. The molecule has 2 heterocycles. The summed E-state index contributed by atoms with van der Waals surface area (Å²) in [5.41, 5.74) is -0.347. The molecule has 0 radical (unpaired) electrons. The molecule has 2 saturated heterocycles. The quantitative estimate of drug-likeness (QED) is 0.765. The predicted molar refractivity (Wildman–Crippen MR) is 109 cm³/mol. The number of aliphatic hydroxyl groups is 1. The summed E-state index contributed by atoms with van der Waals surface area (Å²) in [5.74, 6) is 0.0342. The van der Waals surface area contributed by atoms with Gasteiger partial charge in [-0.25, -0.2) is 0 Å². The highest BCUT2D eigenvalue weighted by Gasteiger charge is 2.38. The van der Waals surface area contributed by atoms with E-state index in [2.05, 4.69) is 10.2 Å². The van der Waals surface area contributed by atoms with Gasteiger partial charge < -0.3 is 10.4 Å². The first-order valence-electron chi connectivity index (χ1n) is 10.6. The molecule has 0 aromatic heterocycles. The molecular weight excluding hydrogens is 336 g/mol. The summed E-state index contributed by atoms with van der Waals surface area (Å²) in [6.07, 6.45) is 7.86. The fraction of sp³-hybridized carbons (Fsp3) is 0.696. The molecular formula is C23H36N2O2. The zero-order chi connectivity index (χ0) is 19.5. The van der Waals surface area contributed by atoms with Crippen molar-refractivity contribution in [2.24, 2.45) is 5.41 Å². The Morgan fingerprint density at radius 2 is 1.70 bits per heavy atom. The lowest BCUT2D eigenvalue weighted by Crippen LogP contribution is -2.44. The van der Waals surface area contributed by atoms with Gasteiger partial charge in [-0.2, -0.15) is 0 Å². The fourth-order valence-corrected chi connectivity index (χ4v) is 4.71. The van der Waals surface area contributed by atoms with E-state index in [9.17, 15) is 9.90 Å². The van der Waals surface area contributed by atoms with Crippen LogP contribution in [0.2, 0.25) is 0 Å². The van der Waals surface area contributed by atoms with E-state index in [0.717, 1.165) is 18.5 Å². The molecule has 0 aliphatic carbocycles. The number of nitrogens with zero attached hydrogens (tertiary/aromatic N) is 1. The first kappa shape index (κ1) is 20.3. The molecule has 1 aromatic rings. The summed E-state index contributed by atoms with van der Waals surface area (Å²) in [5, 5.41) is 14.5. The number of nitrogens with one attached hydrogen (secondary N) is 1. The van der Waals surface area contributed by atoms with Crippen LogP contribution in [-0.2, 0) is 10.4 Å². The third kappa shape index (κ3) is 4.91. The van der Waals surface area contributed by atoms with Gasteiger partial charge in [-0.1, -0.05) is 57.5 Å². The Bertz CT molecular complexity index is 609. The number of amides is 1. The number of hydrogen-bond donors (Lipinski definition) is 2. The van der Waals surface area contributed by atoms with Gasteiger partial charge >= 0.3 is 0 Å². The van der Waals surface area contributed by atoms with E-state index in [1.54, 1.807) is 0 Å². The van der Waals surface area contributed by atoms with Gasteiger partial charge in [0, 0.05) is 30.6 Å². The number of hydrogen-bond acceptors (Lipinski definition) is 3. The Kier molecular flexibility index (Phi) is 6.27. The third-order valence-electron chi connectivity index (χ3n) is 6.45. The van der Waals surface area contributed by atoms with Gasteiger partial charge in [-0.05, 0) is 44.1 Å². The van der Waals surface area contributed by atoms with Crippen LogP contribution in [0, 0.1) is 5.41 Å². The Morgan fingerprint density at radius 3 is 2.30 bits per heavy atom. The van der Waals surface area contributed by atoms with Crippen molar-refractivity contribution in [2.75, 3.05) is 13.1 Å². The van der Waals surface area contributed by atoms with E-state index < -0.39 is 11.0 Å². The molecule has 0 saturated carbocycles. The molecule has 2 fully saturated rings. The van der Waals surface area contributed by atoms with Crippen molar-refractivity contribution in [1.82, 2.24) is 10.2 Å². The van der Waals surface area contributed by atoms with Gasteiger partial charge in [0.1, 0.15) is 0 Å². The van der Waals surface area contributed by atoms with Crippen molar-refractivity contribution >= 4 is 5.91 Å². The van der Waals surface area contributed by atoms with Crippen molar-refractivity contribution in [1.29, 1.82) is 0 Å². The highest BCUT2D eigenvalue weighted by molar-refractivity contribution is 5.81. The van der Waals surface area contributed by atoms with E-state index >= 15 is 0 Å². The number of piperidine rings is 1. The molecule has 0 spiro atoms. The van der Waals surface area contributed by atoms with Crippen LogP contribution in [0.25, 0.3) is 0 Å². The van der Waals surface area contributed by atoms with E-state index in [1.165, 1.54) is 32.1 Å². The second-order valence-electron chi connectivity index (χ2n) is 9.46. The highest BCUT2D eigenvalue weighted by Crippen LogP contribution is 2.37. The standard InChI is InChI=1S/C23H36N2O2/c1-22(2,3)21(26)24-16-14-23(27,18-8-5-4-6-9-18)15-17-25-19-10-7-11-20(25)13-12-19/h4-6,8-9,19-20,27H,7,10-17H2,1-3H3,(H,24,26)/t19-,20+,23?. The lowest BCUT2D eigenvalue weighted by atomic mass is 9.86. The summed E-state index contributed by atoms with van der Waals surface area (Å²) in [4.78, 5) is 14.8. The molecule has 2 N–H and O–H groups in total. The largest absolute Gasteiger partial charge is 0.385 e. The first-order valence-corrected chi connectivity index (χ1v) is 10.6. The van der Waals surface area contributed by atoms with Crippen LogP contribution in [-0.4, -0.2) is 41.1 Å². The SMILES string of the molecule is CC(C)(C)C(=O)NCCC(O)(CCN1[C@@H]2CCC[C@H]1CC2)c1ccccc1. The van der Waals surface area contributed by atoms with Crippen LogP contribution >= 0.6 is 0 Å². The Labute approximate surface area is 164 Å². The van der Waals surface area contributed by atoms with Gasteiger partial charge in [0.2, 0.25) is 5.91 Å². The van der Waals surface area contributed by atoms with Crippen molar-refractivity contribution < 1.29 is 9.90 Å². The van der Waals surface area contributed by atoms with Gasteiger partial charge in [0.15, 0.2) is 0 Å². The third-order valence-corrected chi connectivity index (χ3v) is 6.45. The van der Waals surface area contributed by atoms with Crippen LogP contribution in [0.1, 0.15) is 71.3 Å². The lowest BCUT2D eigenvalue weighted by Gasteiger charge is -2.38. The number of benzene rings is 1. The minimum Gasteiger partial charge on any atom is -0.385 e. The van der Waals surface area contributed by atoms with Gasteiger partial charge in [-0.15, -0.1) is 0 Å². The molecule has 27 heavy (non-hydrogen) atoms. The second kappa shape index (κ2) is 8.32. The number of rotatable bonds is 7. The maximum Gasteiger partial charge on any atom is 0.225 e. The summed E-state index contributed by atoms with van der Waals surface area (Å²) >= 11 is 0. The molecule has 2 aliphatic heterocycles. The highest BCUT2D eigenvalue weighted by atomic mass is 16.3. The summed E-state index contributed by atoms with van der Waals surface area (Å²) in [6, 6.07) is 11.4. The number of fused-ring (bicyclic) bond motifs is 2. The maximum absolute atomic E-state index is 12.2. The van der Waals surface area contributed by atoms with Crippen molar-refractivity contribution in [3.05, 3.63) is 35.9 Å². The molecule has 1 unspecified atom stereocenters. The van der Waals surface area contributed by atoms with Gasteiger partial charge in [0.25, 0.3) is 0 Å². The number of carbonyl (C=O) groups is 1. The molecule has 1 aromatic carbocycles. The van der Waals surface area contributed by atoms with Crippen LogP contribution in [0.3, 0.4) is 0 Å². The van der Waals surface area contributed by atoms with E-state index in [0.29, 0.717) is 25.0 Å². The normalized spacial score (nSPS) is 25.2. The molecule has 2 bridgehead atoms. The zero-order valence-corrected chi connectivity index (χ0v) is 17.2. The molecule has 3 rings (SSSR count). The Balaban J connectivity index is 1.64. The van der Waals surface area contributed by atoms with Crippen LogP contribution in [0.15, 0.2) is 30.3 Å². The minimum absolute atomic E-state index is 0.0342.